The highest BCUT2D eigenvalue weighted by molar-refractivity contribution is 6.01. The van der Waals surface area contributed by atoms with E-state index in [0.29, 0.717) is 18.4 Å². The zero-order chi connectivity index (χ0) is 18.5. The third-order valence-electron chi connectivity index (χ3n) is 7.41. The number of carbonyl (C=O) groups excluding carboxylic acids is 2. The molecule has 0 unspecified atom stereocenters. The van der Waals surface area contributed by atoms with E-state index in [9.17, 15) is 9.59 Å². The van der Waals surface area contributed by atoms with Crippen LogP contribution < -0.4 is 0 Å². The summed E-state index contributed by atoms with van der Waals surface area (Å²) in [5.74, 6) is 1.16. The first-order valence-electron chi connectivity index (χ1n) is 9.82. The van der Waals surface area contributed by atoms with Crippen molar-refractivity contribution in [2.45, 2.75) is 52.9 Å². The monoisotopic (exact) mass is 352 g/mol. The molecule has 0 aromatic heterocycles. The molecule has 2 fully saturated rings. The van der Waals surface area contributed by atoms with E-state index in [1.807, 2.05) is 6.08 Å². The molecule has 138 valence electrons. The molecule has 3 nitrogen and oxygen atoms in total. The minimum absolute atomic E-state index is 0.0671. The van der Waals surface area contributed by atoms with Gasteiger partial charge in [-0.3, -0.25) is 9.59 Å². The molecule has 3 heteroatoms. The van der Waals surface area contributed by atoms with E-state index in [2.05, 4.69) is 32.1 Å². The van der Waals surface area contributed by atoms with Crippen LogP contribution in [0.3, 0.4) is 0 Å². The lowest BCUT2D eigenvalue weighted by Crippen LogP contribution is -2.42. The van der Waals surface area contributed by atoms with E-state index in [1.54, 1.807) is 6.08 Å². The van der Waals surface area contributed by atoms with Gasteiger partial charge in [-0.15, -0.1) is 0 Å². The maximum absolute atomic E-state index is 11.8. The smallest absolute Gasteiger partial charge is 0.302 e. The van der Waals surface area contributed by atoms with Crippen molar-refractivity contribution in [2.24, 2.45) is 22.7 Å². The predicted octanol–water partition coefficient (Wildman–Crippen LogP) is 4.70. The van der Waals surface area contributed by atoms with Crippen molar-refractivity contribution in [3.05, 3.63) is 47.1 Å². The van der Waals surface area contributed by atoms with Crippen LogP contribution in [0.25, 0.3) is 0 Å². The summed E-state index contributed by atoms with van der Waals surface area (Å²) in [7, 11) is 0. The number of ether oxygens (including phenoxy) is 1. The molecule has 0 aliphatic heterocycles. The lowest BCUT2D eigenvalue weighted by atomic mass is 9.53. The van der Waals surface area contributed by atoms with Gasteiger partial charge < -0.3 is 4.74 Å². The first kappa shape index (κ1) is 17.5. The Hall–Kier alpha value is -1.90. The van der Waals surface area contributed by atoms with Gasteiger partial charge >= 0.3 is 5.97 Å². The molecule has 4 rings (SSSR count). The number of esters is 1. The third kappa shape index (κ3) is 2.55. The SMILES string of the molecule is CC(=O)OCC=C1CC[C@H]2[C@@H]3CCC4=CC(=O)C=C[C@]4(C)C3=CC[C@]12C. The summed E-state index contributed by atoms with van der Waals surface area (Å²) in [5.41, 5.74) is 4.39. The molecule has 4 atom stereocenters. The third-order valence-corrected chi connectivity index (χ3v) is 7.41. The van der Waals surface area contributed by atoms with E-state index in [0.717, 1.165) is 25.7 Å². The number of hydrogen-bond acceptors (Lipinski definition) is 3. The number of rotatable bonds is 2. The van der Waals surface area contributed by atoms with Gasteiger partial charge in [-0.05, 0) is 74.5 Å². The molecule has 0 N–H and O–H groups in total. The van der Waals surface area contributed by atoms with Crippen molar-refractivity contribution in [3.63, 3.8) is 0 Å². The van der Waals surface area contributed by atoms with Crippen molar-refractivity contribution in [1.82, 2.24) is 0 Å². The quantitative estimate of drug-likeness (QED) is 0.534. The molecule has 0 aromatic carbocycles. The Labute approximate surface area is 155 Å². The highest BCUT2D eigenvalue weighted by atomic mass is 16.5. The van der Waals surface area contributed by atoms with Crippen LogP contribution >= 0.6 is 0 Å². The van der Waals surface area contributed by atoms with E-state index >= 15 is 0 Å². The second-order valence-corrected chi connectivity index (χ2v) is 8.71. The summed E-state index contributed by atoms with van der Waals surface area (Å²) in [6.45, 7) is 6.54. The highest BCUT2D eigenvalue weighted by Gasteiger charge is 2.53. The van der Waals surface area contributed by atoms with E-state index < -0.39 is 0 Å². The van der Waals surface area contributed by atoms with Gasteiger partial charge in [0.15, 0.2) is 5.78 Å². The van der Waals surface area contributed by atoms with Gasteiger partial charge in [-0.1, -0.05) is 35.8 Å². The lowest BCUT2D eigenvalue weighted by molar-refractivity contribution is -0.139. The minimum atomic E-state index is -0.217. The zero-order valence-electron chi connectivity index (χ0n) is 16.0. The Bertz CT molecular complexity index is 781. The standard InChI is InChI=1S/C23H28O3/c1-15(24)26-13-10-16-5-7-20-19-6-4-17-14-18(25)8-11-23(17,3)21(19)9-12-22(16,20)2/h8-11,14,19-20H,4-7,12-13H2,1-3H3/t19-,20-,22+,23-/m0/s1. The Morgan fingerprint density at radius 1 is 1.31 bits per heavy atom. The van der Waals surface area contributed by atoms with Crippen LogP contribution in [0.1, 0.15) is 52.9 Å². The average molecular weight is 352 g/mol. The highest BCUT2D eigenvalue weighted by Crippen LogP contribution is 2.63. The maximum atomic E-state index is 11.8. The Morgan fingerprint density at radius 3 is 2.88 bits per heavy atom. The molecule has 4 aliphatic carbocycles. The summed E-state index contributed by atoms with van der Waals surface area (Å²) < 4.78 is 5.15. The van der Waals surface area contributed by atoms with Crippen molar-refractivity contribution in [2.75, 3.05) is 6.61 Å². The summed E-state index contributed by atoms with van der Waals surface area (Å²) in [6.07, 6.45) is 15.9. The predicted molar refractivity (Wildman–Crippen MR) is 101 cm³/mol. The van der Waals surface area contributed by atoms with Gasteiger partial charge in [0.1, 0.15) is 6.61 Å². The first-order chi connectivity index (χ1) is 12.3. The summed E-state index contributed by atoms with van der Waals surface area (Å²) in [5, 5.41) is 0. The van der Waals surface area contributed by atoms with Crippen LogP contribution in [0.15, 0.2) is 47.1 Å². The number of fused-ring (bicyclic) bond motifs is 5. The number of allylic oxidation sites excluding steroid dienone is 7. The first-order valence-corrected chi connectivity index (χ1v) is 9.82. The maximum Gasteiger partial charge on any atom is 0.302 e. The van der Waals surface area contributed by atoms with Gasteiger partial charge in [-0.25, -0.2) is 0 Å². The fourth-order valence-corrected chi connectivity index (χ4v) is 5.97. The molecule has 0 saturated heterocycles. The Balaban J connectivity index is 1.65. The molecule has 0 bridgehead atoms. The van der Waals surface area contributed by atoms with Gasteiger partial charge in [-0.2, -0.15) is 0 Å². The van der Waals surface area contributed by atoms with E-state index in [4.69, 9.17) is 4.74 Å². The molecule has 0 amide bonds. The molecule has 2 saturated carbocycles. The lowest BCUT2D eigenvalue weighted by Gasteiger charge is -2.51. The molecular weight excluding hydrogens is 324 g/mol. The topological polar surface area (TPSA) is 43.4 Å². The average Bonchev–Trinajstić information content (AvgIpc) is 2.92. The van der Waals surface area contributed by atoms with Crippen molar-refractivity contribution in [3.8, 4) is 0 Å². The normalized spacial score (nSPS) is 39.7. The van der Waals surface area contributed by atoms with E-state index in [-0.39, 0.29) is 22.6 Å². The molecule has 0 aromatic rings. The zero-order valence-corrected chi connectivity index (χ0v) is 16.0. The van der Waals surface area contributed by atoms with Gasteiger partial charge in [0, 0.05) is 12.3 Å². The molecular formula is C23H28O3. The van der Waals surface area contributed by atoms with Crippen molar-refractivity contribution < 1.29 is 14.3 Å². The van der Waals surface area contributed by atoms with Crippen molar-refractivity contribution >= 4 is 11.8 Å². The fraction of sp³-hybridized carbons (Fsp3) is 0.565. The van der Waals surface area contributed by atoms with Gasteiger partial charge in [0.25, 0.3) is 0 Å². The number of carbonyl (C=O) groups is 2. The molecule has 26 heavy (non-hydrogen) atoms. The Morgan fingerprint density at radius 2 is 2.12 bits per heavy atom. The summed E-state index contributed by atoms with van der Waals surface area (Å²) >= 11 is 0. The molecule has 0 spiro atoms. The van der Waals surface area contributed by atoms with Crippen molar-refractivity contribution in [1.29, 1.82) is 0 Å². The van der Waals surface area contributed by atoms with E-state index in [1.165, 1.54) is 30.1 Å². The van der Waals surface area contributed by atoms with Crippen LogP contribution in [0.2, 0.25) is 0 Å². The van der Waals surface area contributed by atoms with Crippen LogP contribution in [0, 0.1) is 22.7 Å². The fourth-order valence-electron chi connectivity index (χ4n) is 5.97. The molecule has 4 aliphatic rings. The van der Waals surface area contributed by atoms with Crippen LogP contribution in [-0.2, 0) is 14.3 Å². The molecule has 0 heterocycles. The van der Waals surface area contributed by atoms with Crippen LogP contribution in [-0.4, -0.2) is 18.4 Å². The second-order valence-electron chi connectivity index (χ2n) is 8.71. The van der Waals surface area contributed by atoms with Gasteiger partial charge in [0.05, 0.1) is 0 Å². The van der Waals surface area contributed by atoms with Gasteiger partial charge in [0.2, 0.25) is 0 Å². The van der Waals surface area contributed by atoms with Crippen LogP contribution in [0.4, 0.5) is 0 Å². The largest absolute Gasteiger partial charge is 0.462 e. The number of ketones is 1. The summed E-state index contributed by atoms with van der Waals surface area (Å²) in [4.78, 5) is 22.9. The molecule has 0 radical (unpaired) electrons. The Kier molecular flexibility index (Phi) is 4.09. The minimum Gasteiger partial charge on any atom is -0.462 e. The number of hydrogen-bond donors (Lipinski definition) is 0. The second kappa shape index (κ2) is 6.07. The summed E-state index contributed by atoms with van der Waals surface area (Å²) in [6, 6.07) is 0. The van der Waals surface area contributed by atoms with Crippen LogP contribution in [0.5, 0.6) is 0 Å².